The highest BCUT2D eigenvalue weighted by atomic mass is 16.3. The lowest BCUT2D eigenvalue weighted by Crippen LogP contribution is -2.43. The lowest BCUT2D eigenvalue weighted by atomic mass is 10.0. The van der Waals surface area contributed by atoms with Crippen molar-refractivity contribution in [3.63, 3.8) is 0 Å². The van der Waals surface area contributed by atoms with E-state index in [2.05, 4.69) is 41.5 Å². The number of nitrogens with zero attached hydrogens (tertiary/aromatic N) is 3. The second-order valence-electron chi connectivity index (χ2n) is 7.25. The molecule has 2 heterocycles. The van der Waals surface area contributed by atoms with Crippen molar-refractivity contribution in [2.75, 3.05) is 18.0 Å². The average molecular weight is 354 g/mol. The molecule has 0 bridgehead atoms. The van der Waals surface area contributed by atoms with Crippen LogP contribution in [0.1, 0.15) is 36.6 Å². The van der Waals surface area contributed by atoms with Crippen molar-refractivity contribution in [2.24, 2.45) is 0 Å². The summed E-state index contributed by atoms with van der Waals surface area (Å²) in [5, 5.41) is 21.4. The van der Waals surface area contributed by atoms with E-state index in [1.54, 1.807) is 0 Å². The van der Waals surface area contributed by atoms with Crippen LogP contribution in [0.2, 0.25) is 0 Å². The average Bonchev–Trinajstić information content (AvgIpc) is 2.96. The van der Waals surface area contributed by atoms with E-state index in [1.165, 1.54) is 5.56 Å². The number of hydrogen-bond acceptors (Lipinski definition) is 5. The van der Waals surface area contributed by atoms with Crippen molar-refractivity contribution < 1.29 is 9.90 Å². The summed E-state index contributed by atoms with van der Waals surface area (Å²) in [6, 6.07) is 11.6. The number of carbonyl (C=O) groups excluding carboxylic acids is 1. The van der Waals surface area contributed by atoms with Crippen molar-refractivity contribution in [3.8, 4) is 0 Å². The third-order valence-corrected chi connectivity index (χ3v) is 4.75. The van der Waals surface area contributed by atoms with Crippen LogP contribution in [-0.2, 0) is 11.2 Å². The predicted octanol–water partition coefficient (Wildman–Crippen LogP) is 1.82. The third-order valence-electron chi connectivity index (χ3n) is 4.75. The Morgan fingerprint density at radius 1 is 1.19 bits per heavy atom. The fourth-order valence-electron chi connectivity index (χ4n) is 3.14. The molecule has 0 radical (unpaired) electrons. The minimum absolute atomic E-state index is 0.0804. The van der Waals surface area contributed by atoms with E-state index in [0.29, 0.717) is 25.4 Å². The largest absolute Gasteiger partial charge is 0.389 e. The molecule has 6 nitrogen and oxygen atoms in total. The van der Waals surface area contributed by atoms with E-state index in [1.807, 2.05) is 36.1 Å². The molecule has 6 heteroatoms. The highest BCUT2D eigenvalue weighted by Gasteiger charge is 2.33. The standard InChI is InChI=1S/C20H26N4O2/c1-13(2)16-7-5-15(6-8-16)10-20(26)21-17-11-24(12-18(17)25)19-9-4-14(3)22-23-19/h4-9,13,17-18,25H,10-12H2,1-3H3,(H,21,26)/t17-,18+/m1/s1. The van der Waals surface area contributed by atoms with Gasteiger partial charge in [-0.3, -0.25) is 4.79 Å². The van der Waals surface area contributed by atoms with Crippen LogP contribution in [0.4, 0.5) is 5.82 Å². The predicted molar refractivity (Wildman–Crippen MR) is 101 cm³/mol. The summed E-state index contributed by atoms with van der Waals surface area (Å²) in [5.41, 5.74) is 3.08. The van der Waals surface area contributed by atoms with Gasteiger partial charge in [-0.2, -0.15) is 5.10 Å². The quantitative estimate of drug-likeness (QED) is 0.856. The Balaban J connectivity index is 1.56. The van der Waals surface area contributed by atoms with E-state index in [9.17, 15) is 9.90 Å². The normalized spacial score (nSPS) is 19.8. The number of aliphatic hydroxyl groups is 1. The van der Waals surface area contributed by atoms with Gasteiger partial charge in [0.25, 0.3) is 0 Å². The molecular weight excluding hydrogens is 328 g/mol. The molecule has 1 aliphatic heterocycles. The van der Waals surface area contributed by atoms with Gasteiger partial charge in [-0.1, -0.05) is 38.1 Å². The molecule has 0 spiro atoms. The molecule has 1 aromatic heterocycles. The Hall–Kier alpha value is -2.47. The zero-order valence-electron chi connectivity index (χ0n) is 15.5. The number of aromatic nitrogens is 2. The lowest BCUT2D eigenvalue weighted by Gasteiger charge is -2.17. The Kier molecular flexibility index (Phi) is 5.52. The molecule has 2 atom stereocenters. The fraction of sp³-hybridized carbons (Fsp3) is 0.450. The molecule has 1 aliphatic rings. The van der Waals surface area contributed by atoms with Gasteiger partial charge in [-0.25, -0.2) is 0 Å². The number of nitrogens with one attached hydrogen (secondary N) is 1. The van der Waals surface area contributed by atoms with Gasteiger partial charge in [0.1, 0.15) is 0 Å². The molecule has 2 N–H and O–H groups in total. The number of amides is 1. The maximum absolute atomic E-state index is 12.4. The molecule has 0 unspecified atom stereocenters. The van der Waals surface area contributed by atoms with E-state index < -0.39 is 6.10 Å². The van der Waals surface area contributed by atoms with Crippen LogP contribution in [-0.4, -0.2) is 46.4 Å². The van der Waals surface area contributed by atoms with Crippen LogP contribution >= 0.6 is 0 Å². The molecule has 138 valence electrons. The maximum Gasteiger partial charge on any atom is 0.224 e. The number of anilines is 1. The van der Waals surface area contributed by atoms with Crippen molar-refractivity contribution >= 4 is 11.7 Å². The Morgan fingerprint density at radius 2 is 1.92 bits per heavy atom. The molecule has 0 saturated carbocycles. The van der Waals surface area contributed by atoms with Gasteiger partial charge < -0.3 is 15.3 Å². The summed E-state index contributed by atoms with van der Waals surface area (Å²) in [6.07, 6.45) is -0.309. The zero-order chi connectivity index (χ0) is 18.7. The number of β-amino-alcohol motifs (C(OH)–C–C–N with tert-alkyl or cyclic N) is 1. The van der Waals surface area contributed by atoms with Crippen LogP contribution in [0, 0.1) is 6.92 Å². The van der Waals surface area contributed by atoms with E-state index in [0.717, 1.165) is 17.1 Å². The van der Waals surface area contributed by atoms with Crippen molar-refractivity contribution in [1.29, 1.82) is 0 Å². The molecule has 1 aromatic carbocycles. The molecular formula is C20H26N4O2. The molecule has 26 heavy (non-hydrogen) atoms. The monoisotopic (exact) mass is 354 g/mol. The minimum atomic E-state index is -0.620. The first-order chi connectivity index (χ1) is 12.4. The number of aliphatic hydroxyl groups excluding tert-OH is 1. The smallest absolute Gasteiger partial charge is 0.224 e. The van der Waals surface area contributed by atoms with Crippen molar-refractivity contribution in [1.82, 2.24) is 15.5 Å². The van der Waals surface area contributed by atoms with E-state index in [-0.39, 0.29) is 11.9 Å². The van der Waals surface area contributed by atoms with Gasteiger partial charge in [-0.05, 0) is 36.1 Å². The fourth-order valence-corrected chi connectivity index (χ4v) is 3.14. The van der Waals surface area contributed by atoms with Gasteiger partial charge in [0.15, 0.2) is 5.82 Å². The second kappa shape index (κ2) is 7.83. The first-order valence-corrected chi connectivity index (χ1v) is 9.04. The van der Waals surface area contributed by atoms with Gasteiger partial charge in [0.2, 0.25) is 5.91 Å². The molecule has 3 rings (SSSR count). The molecule has 1 fully saturated rings. The summed E-state index contributed by atoms with van der Waals surface area (Å²) in [5.74, 6) is 1.11. The third kappa shape index (κ3) is 4.38. The number of hydrogen-bond donors (Lipinski definition) is 2. The van der Waals surface area contributed by atoms with Gasteiger partial charge in [-0.15, -0.1) is 5.10 Å². The number of benzene rings is 1. The number of rotatable bonds is 5. The first-order valence-electron chi connectivity index (χ1n) is 9.04. The first kappa shape index (κ1) is 18.3. The lowest BCUT2D eigenvalue weighted by molar-refractivity contribution is -0.121. The number of aryl methyl sites for hydroxylation is 1. The zero-order valence-corrected chi connectivity index (χ0v) is 15.5. The van der Waals surface area contributed by atoms with Gasteiger partial charge in [0, 0.05) is 13.1 Å². The highest BCUT2D eigenvalue weighted by Crippen LogP contribution is 2.18. The second-order valence-corrected chi connectivity index (χ2v) is 7.25. The summed E-state index contributed by atoms with van der Waals surface area (Å²) in [6.45, 7) is 7.13. The van der Waals surface area contributed by atoms with Crippen molar-refractivity contribution in [3.05, 3.63) is 53.2 Å². The van der Waals surface area contributed by atoms with Crippen LogP contribution in [0.15, 0.2) is 36.4 Å². The minimum Gasteiger partial charge on any atom is -0.389 e. The maximum atomic E-state index is 12.4. The van der Waals surface area contributed by atoms with Crippen LogP contribution in [0.3, 0.4) is 0 Å². The molecule has 1 saturated heterocycles. The highest BCUT2D eigenvalue weighted by molar-refractivity contribution is 5.79. The molecule has 2 aromatic rings. The Labute approximate surface area is 154 Å². The van der Waals surface area contributed by atoms with Crippen molar-refractivity contribution in [2.45, 2.75) is 45.3 Å². The molecule has 0 aliphatic carbocycles. The molecule has 1 amide bonds. The SMILES string of the molecule is Cc1ccc(N2C[C@H](O)[C@H](NC(=O)Cc3ccc(C(C)C)cc3)C2)nn1. The Morgan fingerprint density at radius 3 is 2.54 bits per heavy atom. The summed E-state index contributed by atoms with van der Waals surface area (Å²) in [7, 11) is 0. The van der Waals surface area contributed by atoms with Crippen LogP contribution in [0.25, 0.3) is 0 Å². The number of carbonyl (C=O) groups is 1. The van der Waals surface area contributed by atoms with E-state index in [4.69, 9.17) is 0 Å². The summed E-state index contributed by atoms with van der Waals surface area (Å²) in [4.78, 5) is 14.3. The van der Waals surface area contributed by atoms with E-state index >= 15 is 0 Å². The summed E-state index contributed by atoms with van der Waals surface area (Å²) >= 11 is 0. The van der Waals surface area contributed by atoms with Crippen LogP contribution in [0.5, 0.6) is 0 Å². The van der Waals surface area contributed by atoms with Gasteiger partial charge >= 0.3 is 0 Å². The summed E-state index contributed by atoms with van der Waals surface area (Å²) < 4.78 is 0. The topological polar surface area (TPSA) is 78.4 Å². The van der Waals surface area contributed by atoms with Crippen LogP contribution < -0.4 is 10.2 Å². The van der Waals surface area contributed by atoms with Gasteiger partial charge in [0.05, 0.1) is 24.3 Å². The Bertz CT molecular complexity index is 743.